The second-order valence-electron chi connectivity index (χ2n) is 7.95. The first-order valence-corrected chi connectivity index (χ1v) is 10.3. The van der Waals surface area contributed by atoms with Crippen molar-refractivity contribution in [3.8, 4) is 0 Å². The SMILES string of the molecule is Cc1nnc(CN=C(NCC2CCCO2)NC2CCN(C(C)C)CC2)n1C.I. The van der Waals surface area contributed by atoms with Crippen LogP contribution in [0.3, 0.4) is 0 Å². The molecule has 0 bridgehead atoms. The van der Waals surface area contributed by atoms with Crippen LogP contribution < -0.4 is 10.6 Å². The van der Waals surface area contributed by atoms with Crippen LogP contribution in [0.1, 0.15) is 51.2 Å². The lowest BCUT2D eigenvalue weighted by Crippen LogP contribution is -2.50. The zero-order valence-corrected chi connectivity index (χ0v) is 20.0. The van der Waals surface area contributed by atoms with Crippen LogP contribution in [0.2, 0.25) is 0 Å². The van der Waals surface area contributed by atoms with Crippen LogP contribution in [-0.4, -0.2) is 70.1 Å². The molecule has 1 unspecified atom stereocenters. The number of hydrogen-bond donors (Lipinski definition) is 2. The molecule has 1 atom stereocenters. The molecule has 1 aromatic heterocycles. The van der Waals surface area contributed by atoms with E-state index in [9.17, 15) is 0 Å². The fourth-order valence-corrected chi connectivity index (χ4v) is 3.66. The predicted octanol–water partition coefficient (Wildman–Crippen LogP) is 1.83. The highest BCUT2D eigenvalue weighted by Gasteiger charge is 2.22. The maximum Gasteiger partial charge on any atom is 0.192 e. The predicted molar refractivity (Wildman–Crippen MR) is 122 cm³/mol. The largest absolute Gasteiger partial charge is 0.376 e. The molecule has 9 heteroatoms. The number of halogens is 1. The first-order chi connectivity index (χ1) is 13.0. The molecule has 2 saturated heterocycles. The molecule has 0 amide bonds. The van der Waals surface area contributed by atoms with Gasteiger partial charge >= 0.3 is 0 Å². The summed E-state index contributed by atoms with van der Waals surface area (Å²) in [5.74, 6) is 2.64. The standard InChI is InChI=1S/C19H35N7O.HI/c1-14(2)26-9-7-16(8-10-26)22-19(20-12-17-6-5-11-27-17)21-13-18-24-23-15(3)25(18)4;/h14,16-17H,5-13H2,1-4H3,(H2,20,21,22);1H. The number of rotatable bonds is 6. The second-order valence-corrected chi connectivity index (χ2v) is 7.95. The van der Waals surface area contributed by atoms with E-state index in [2.05, 4.69) is 39.6 Å². The van der Waals surface area contributed by atoms with Crippen molar-refractivity contribution in [1.82, 2.24) is 30.3 Å². The number of guanidine groups is 1. The molecule has 0 radical (unpaired) electrons. The smallest absolute Gasteiger partial charge is 0.192 e. The molecule has 2 fully saturated rings. The van der Waals surface area contributed by atoms with E-state index >= 15 is 0 Å². The van der Waals surface area contributed by atoms with Gasteiger partial charge < -0.3 is 24.8 Å². The van der Waals surface area contributed by atoms with Gasteiger partial charge in [-0.2, -0.15) is 0 Å². The molecule has 0 aromatic carbocycles. The van der Waals surface area contributed by atoms with Crippen molar-refractivity contribution in [3.05, 3.63) is 11.6 Å². The molecular formula is C19H36IN7O. The van der Waals surface area contributed by atoms with Gasteiger partial charge in [-0.15, -0.1) is 34.2 Å². The maximum absolute atomic E-state index is 5.74. The quantitative estimate of drug-likeness (QED) is 0.349. The molecule has 0 saturated carbocycles. The topological polar surface area (TPSA) is 79.6 Å². The highest BCUT2D eigenvalue weighted by molar-refractivity contribution is 14.0. The summed E-state index contributed by atoms with van der Waals surface area (Å²) in [6.45, 7) is 11.0. The fraction of sp³-hybridized carbons (Fsp3) is 0.842. The van der Waals surface area contributed by atoms with Crippen molar-refractivity contribution in [1.29, 1.82) is 0 Å². The Morgan fingerprint density at radius 2 is 2.00 bits per heavy atom. The maximum atomic E-state index is 5.74. The van der Waals surface area contributed by atoms with Crippen molar-refractivity contribution in [2.45, 2.75) is 71.2 Å². The number of aryl methyl sites for hydroxylation is 1. The average Bonchev–Trinajstić information content (AvgIpc) is 3.29. The van der Waals surface area contributed by atoms with Crippen LogP contribution in [0.4, 0.5) is 0 Å². The Balaban J connectivity index is 0.00000280. The van der Waals surface area contributed by atoms with Crippen molar-refractivity contribution in [2.24, 2.45) is 12.0 Å². The third-order valence-corrected chi connectivity index (χ3v) is 5.68. The van der Waals surface area contributed by atoms with Crippen molar-refractivity contribution < 1.29 is 4.74 Å². The van der Waals surface area contributed by atoms with Gasteiger partial charge in [0.15, 0.2) is 11.8 Å². The number of ether oxygens (including phenoxy) is 1. The van der Waals surface area contributed by atoms with Gasteiger partial charge in [0, 0.05) is 45.4 Å². The molecule has 160 valence electrons. The Morgan fingerprint density at radius 3 is 2.57 bits per heavy atom. The monoisotopic (exact) mass is 505 g/mol. The van der Waals surface area contributed by atoms with E-state index in [4.69, 9.17) is 9.73 Å². The Hall–Kier alpha value is -0.940. The summed E-state index contributed by atoms with van der Waals surface area (Å²) in [4.78, 5) is 7.32. The molecule has 2 aliphatic rings. The van der Waals surface area contributed by atoms with E-state index in [1.807, 2.05) is 18.5 Å². The minimum absolute atomic E-state index is 0. The zero-order valence-electron chi connectivity index (χ0n) is 17.6. The van der Waals surface area contributed by atoms with E-state index < -0.39 is 0 Å². The average molecular weight is 505 g/mol. The second kappa shape index (κ2) is 11.3. The number of aromatic nitrogens is 3. The van der Waals surface area contributed by atoms with Gasteiger partial charge in [-0.1, -0.05) is 0 Å². The van der Waals surface area contributed by atoms with Crippen molar-refractivity contribution in [2.75, 3.05) is 26.2 Å². The molecule has 1 aromatic rings. The van der Waals surface area contributed by atoms with Gasteiger partial charge in [-0.25, -0.2) is 4.99 Å². The van der Waals surface area contributed by atoms with Crippen LogP contribution in [0, 0.1) is 6.92 Å². The van der Waals surface area contributed by atoms with Gasteiger partial charge in [0.25, 0.3) is 0 Å². The number of nitrogens with one attached hydrogen (secondary N) is 2. The Morgan fingerprint density at radius 1 is 1.25 bits per heavy atom. The van der Waals surface area contributed by atoms with E-state index in [1.54, 1.807) is 0 Å². The van der Waals surface area contributed by atoms with E-state index in [0.717, 1.165) is 69.5 Å². The lowest BCUT2D eigenvalue weighted by molar-refractivity contribution is 0.113. The summed E-state index contributed by atoms with van der Waals surface area (Å²) in [5, 5.41) is 15.5. The Kier molecular flexibility index (Phi) is 9.42. The highest BCUT2D eigenvalue weighted by Crippen LogP contribution is 2.13. The zero-order chi connectivity index (χ0) is 19.2. The number of aliphatic imine (C=N–C) groups is 1. The summed E-state index contributed by atoms with van der Waals surface area (Å²) in [6, 6.07) is 1.08. The molecule has 0 aliphatic carbocycles. The summed E-state index contributed by atoms with van der Waals surface area (Å²) < 4.78 is 7.73. The summed E-state index contributed by atoms with van der Waals surface area (Å²) in [5.41, 5.74) is 0. The Labute approximate surface area is 185 Å². The van der Waals surface area contributed by atoms with Crippen LogP contribution in [0.15, 0.2) is 4.99 Å². The van der Waals surface area contributed by atoms with Crippen molar-refractivity contribution in [3.63, 3.8) is 0 Å². The number of hydrogen-bond acceptors (Lipinski definition) is 5. The molecule has 2 aliphatic heterocycles. The highest BCUT2D eigenvalue weighted by atomic mass is 127. The van der Waals surface area contributed by atoms with E-state index in [-0.39, 0.29) is 30.1 Å². The first kappa shape index (κ1) is 23.3. The summed E-state index contributed by atoms with van der Waals surface area (Å²) in [7, 11) is 1.98. The van der Waals surface area contributed by atoms with Gasteiger partial charge in [0.05, 0.1) is 6.10 Å². The molecule has 2 N–H and O–H groups in total. The lowest BCUT2D eigenvalue weighted by Gasteiger charge is -2.35. The molecule has 28 heavy (non-hydrogen) atoms. The van der Waals surface area contributed by atoms with Gasteiger partial charge in [0.2, 0.25) is 0 Å². The Bertz CT molecular complexity index is 620. The minimum atomic E-state index is 0. The van der Waals surface area contributed by atoms with Crippen LogP contribution in [0.5, 0.6) is 0 Å². The molecule has 3 rings (SSSR count). The van der Waals surface area contributed by atoms with E-state index in [0.29, 0.717) is 18.6 Å². The summed E-state index contributed by atoms with van der Waals surface area (Å²) >= 11 is 0. The number of piperidine rings is 1. The lowest BCUT2D eigenvalue weighted by atomic mass is 10.0. The molecule has 0 spiro atoms. The molecular weight excluding hydrogens is 469 g/mol. The van der Waals surface area contributed by atoms with Crippen molar-refractivity contribution >= 4 is 29.9 Å². The molecule has 8 nitrogen and oxygen atoms in total. The van der Waals surface area contributed by atoms with Gasteiger partial charge in [0.1, 0.15) is 12.4 Å². The van der Waals surface area contributed by atoms with Crippen LogP contribution in [0.25, 0.3) is 0 Å². The van der Waals surface area contributed by atoms with Gasteiger partial charge in [-0.3, -0.25) is 0 Å². The van der Waals surface area contributed by atoms with E-state index in [1.165, 1.54) is 0 Å². The number of likely N-dealkylation sites (tertiary alicyclic amines) is 1. The number of nitrogens with zero attached hydrogens (tertiary/aromatic N) is 5. The minimum Gasteiger partial charge on any atom is -0.376 e. The normalized spacial score (nSPS) is 21.8. The summed E-state index contributed by atoms with van der Waals surface area (Å²) in [6.07, 6.45) is 4.84. The third kappa shape index (κ3) is 6.55. The van der Waals surface area contributed by atoms with Crippen LogP contribution in [-0.2, 0) is 18.3 Å². The molecule has 3 heterocycles. The van der Waals surface area contributed by atoms with Gasteiger partial charge in [-0.05, 0) is 46.5 Å². The third-order valence-electron chi connectivity index (χ3n) is 5.68. The first-order valence-electron chi connectivity index (χ1n) is 10.3. The fourth-order valence-electron chi connectivity index (χ4n) is 3.66. The van der Waals surface area contributed by atoms with Crippen LogP contribution >= 0.6 is 24.0 Å².